The molecule has 17 heavy (non-hydrogen) atoms. The van der Waals surface area contributed by atoms with Crippen molar-refractivity contribution in [1.82, 2.24) is 10.2 Å². The van der Waals surface area contributed by atoms with E-state index in [0.717, 1.165) is 24.7 Å². The van der Waals surface area contributed by atoms with E-state index in [1.54, 1.807) is 0 Å². The van der Waals surface area contributed by atoms with Crippen LogP contribution in [0.4, 0.5) is 0 Å². The molecule has 1 rings (SSSR count). The second kappa shape index (κ2) is 7.38. The number of hydrogen-bond acceptors (Lipinski definition) is 2. The highest BCUT2D eigenvalue weighted by Gasteiger charge is 2.32. The summed E-state index contributed by atoms with van der Waals surface area (Å²) in [4.78, 5) is 2.77. The van der Waals surface area contributed by atoms with Gasteiger partial charge in [-0.3, -0.25) is 4.90 Å². The fourth-order valence-electron chi connectivity index (χ4n) is 3.41. The first kappa shape index (κ1) is 15.0. The molecule has 2 nitrogen and oxygen atoms in total. The van der Waals surface area contributed by atoms with E-state index in [0.29, 0.717) is 6.04 Å². The summed E-state index contributed by atoms with van der Waals surface area (Å²) in [7, 11) is 0. The molecule has 0 radical (unpaired) electrons. The normalized spacial score (nSPS) is 29.5. The van der Waals surface area contributed by atoms with Crippen LogP contribution in [0.25, 0.3) is 0 Å². The lowest BCUT2D eigenvalue weighted by atomic mass is 10.1. The molecular formula is C15H32N2. The molecule has 0 saturated carbocycles. The minimum absolute atomic E-state index is 0.648. The molecule has 1 heterocycles. The van der Waals surface area contributed by atoms with Crippen LogP contribution in [-0.2, 0) is 0 Å². The highest BCUT2D eigenvalue weighted by atomic mass is 15.2. The van der Waals surface area contributed by atoms with Crippen LogP contribution in [0.3, 0.4) is 0 Å². The van der Waals surface area contributed by atoms with Crippen molar-refractivity contribution in [2.75, 3.05) is 6.54 Å². The lowest BCUT2D eigenvalue weighted by Gasteiger charge is -2.35. The molecule has 1 aliphatic rings. The summed E-state index contributed by atoms with van der Waals surface area (Å²) >= 11 is 0. The Morgan fingerprint density at radius 1 is 1.24 bits per heavy atom. The van der Waals surface area contributed by atoms with Crippen LogP contribution in [0.2, 0.25) is 0 Å². The number of rotatable bonds is 7. The van der Waals surface area contributed by atoms with E-state index in [-0.39, 0.29) is 0 Å². The summed E-state index contributed by atoms with van der Waals surface area (Å²) in [5.41, 5.74) is 0. The molecule has 4 unspecified atom stereocenters. The van der Waals surface area contributed by atoms with Crippen molar-refractivity contribution in [3.05, 3.63) is 0 Å². The molecule has 102 valence electrons. The Bertz CT molecular complexity index is 205. The number of nitrogens with zero attached hydrogens (tertiary/aromatic N) is 1. The molecule has 0 spiro atoms. The Labute approximate surface area is 108 Å². The van der Waals surface area contributed by atoms with Crippen molar-refractivity contribution < 1.29 is 0 Å². The van der Waals surface area contributed by atoms with E-state index < -0.39 is 0 Å². The van der Waals surface area contributed by atoms with Gasteiger partial charge in [-0.25, -0.2) is 0 Å². The van der Waals surface area contributed by atoms with E-state index in [9.17, 15) is 0 Å². The van der Waals surface area contributed by atoms with Crippen LogP contribution in [0.15, 0.2) is 0 Å². The first-order valence-electron chi connectivity index (χ1n) is 7.60. The van der Waals surface area contributed by atoms with E-state index in [1.165, 1.54) is 32.1 Å². The standard InChI is InChI=1S/C15H32N2/c1-6-10-16-12(3)11-14(5)17-13(4)8-9-15(17)7-2/h12-16H,6-11H2,1-5H3. The van der Waals surface area contributed by atoms with Gasteiger partial charge in [-0.1, -0.05) is 13.8 Å². The summed E-state index contributed by atoms with van der Waals surface area (Å²) in [6.07, 6.45) is 6.61. The van der Waals surface area contributed by atoms with Crippen molar-refractivity contribution in [3.8, 4) is 0 Å². The van der Waals surface area contributed by atoms with Crippen molar-refractivity contribution in [3.63, 3.8) is 0 Å². The van der Waals surface area contributed by atoms with Gasteiger partial charge in [0.05, 0.1) is 0 Å². The van der Waals surface area contributed by atoms with E-state index in [4.69, 9.17) is 0 Å². The second-order valence-corrected chi connectivity index (χ2v) is 5.88. The molecule has 1 aliphatic heterocycles. The lowest BCUT2D eigenvalue weighted by molar-refractivity contribution is 0.129. The fraction of sp³-hybridized carbons (Fsp3) is 1.00. The van der Waals surface area contributed by atoms with Crippen LogP contribution in [0.5, 0.6) is 0 Å². The Morgan fingerprint density at radius 2 is 1.94 bits per heavy atom. The SMILES string of the molecule is CCCNC(C)CC(C)N1C(C)CCC1CC. The molecule has 0 aromatic rings. The van der Waals surface area contributed by atoms with Gasteiger partial charge in [0.1, 0.15) is 0 Å². The Balaban J connectivity index is 2.42. The zero-order valence-electron chi connectivity index (χ0n) is 12.5. The van der Waals surface area contributed by atoms with E-state index in [1.807, 2.05) is 0 Å². The number of likely N-dealkylation sites (tertiary alicyclic amines) is 1. The molecule has 1 N–H and O–H groups in total. The van der Waals surface area contributed by atoms with Crippen LogP contribution < -0.4 is 5.32 Å². The summed E-state index contributed by atoms with van der Waals surface area (Å²) in [6.45, 7) is 12.9. The average molecular weight is 240 g/mol. The molecular weight excluding hydrogens is 208 g/mol. The zero-order valence-corrected chi connectivity index (χ0v) is 12.5. The van der Waals surface area contributed by atoms with Gasteiger partial charge in [-0.15, -0.1) is 0 Å². The Morgan fingerprint density at radius 3 is 2.53 bits per heavy atom. The van der Waals surface area contributed by atoms with Crippen molar-refractivity contribution in [2.24, 2.45) is 0 Å². The Hall–Kier alpha value is -0.0800. The van der Waals surface area contributed by atoms with Gasteiger partial charge in [0.2, 0.25) is 0 Å². The second-order valence-electron chi connectivity index (χ2n) is 5.88. The predicted molar refractivity (Wildman–Crippen MR) is 76.4 cm³/mol. The van der Waals surface area contributed by atoms with Gasteiger partial charge in [-0.2, -0.15) is 0 Å². The van der Waals surface area contributed by atoms with Crippen molar-refractivity contribution >= 4 is 0 Å². The van der Waals surface area contributed by atoms with Crippen molar-refractivity contribution in [2.45, 2.75) is 90.9 Å². The van der Waals surface area contributed by atoms with Crippen LogP contribution in [0, 0.1) is 0 Å². The maximum atomic E-state index is 3.61. The van der Waals surface area contributed by atoms with Gasteiger partial charge in [-0.05, 0) is 59.4 Å². The first-order chi connectivity index (χ1) is 8.10. The average Bonchev–Trinajstić information content (AvgIpc) is 2.67. The monoisotopic (exact) mass is 240 g/mol. The maximum Gasteiger partial charge on any atom is 0.00988 e. The molecule has 0 amide bonds. The van der Waals surface area contributed by atoms with E-state index >= 15 is 0 Å². The topological polar surface area (TPSA) is 15.3 Å². The molecule has 2 heteroatoms. The van der Waals surface area contributed by atoms with Crippen molar-refractivity contribution in [1.29, 1.82) is 0 Å². The Kier molecular flexibility index (Phi) is 6.50. The third-order valence-corrected chi connectivity index (χ3v) is 4.27. The largest absolute Gasteiger partial charge is 0.314 e. The minimum Gasteiger partial charge on any atom is -0.314 e. The van der Waals surface area contributed by atoms with Gasteiger partial charge in [0.15, 0.2) is 0 Å². The fourth-order valence-corrected chi connectivity index (χ4v) is 3.41. The predicted octanol–water partition coefficient (Wildman–Crippen LogP) is 3.42. The van der Waals surface area contributed by atoms with E-state index in [2.05, 4.69) is 44.8 Å². The minimum atomic E-state index is 0.648. The van der Waals surface area contributed by atoms with Gasteiger partial charge in [0, 0.05) is 24.2 Å². The molecule has 0 aromatic heterocycles. The van der Waals surface area contributed by atoms with Gasteiger partial charge >= 0.3 is 0 Å². The van der Waals surface area contributed by atoms with Crippen LogP contribution in [0.1, 0.15) is 66.7 Å². The number of nitrogens with one attached hydrogen (secondary N) is 1. The van der Waals surface area contributed by atoms with Crippen LogP contribution >= 0.6 is 0 Å². The molecule has 0 aromatic carbocycles. The molecule has 0 aliphatic carbocycles. The maximum absolute atomic E-state index is 3.61. The molecule has 1 saturated heterocycles. The summed E-state index contributed by atoms with van der Waals surface area (Å²) < 4.78 is 0. The summed E-state index contributed by atoms with van der Waals surface area (Å²) in [6, 6.07) is 2.98. The highest BCUT2D eigenvalue weighted by Crippen LogP contribution is 2.29. The van der Waals surface area contributed by atoms with Gasteiger partial charge < -0.3 is 5.32 Å². The number of hydrogen-bond donors (Lipinski definition) is 1. The molecule has 0 bridgehead atoms. The van der Waals surface area contributed by atoms with Gasteiger partial charge in [0.25, 0.3) is 0 Å². The van der Waals surface area contributed by atoms with Crippen LogP contribution in [-0.4, -0.2) is 35.6 Å². The summed E-state index contributed by atoms with van der Waals surface area (Å²) in [5.74, 6) is 0. The smallest absolute Gasteiger partial charge is 0.00988 e. The molecule has 4 atom stereocenters. The highest BCUT2D eigenvalue weighted by molar-refractivity contribution is 4.88. The quantitative estimate of drug-likeness (QED) is 0.733. The lowest BCUT2D eigenvalue weighted by Crippen LogP contribution is -2.44. The summed E-state index contributed by atoms with van der Waals surface area (Å²) in [5, 5.41) is 3.61. The third-order valence-electron chi connectivity index (χ3n) is 4.27. The molecule has 1 fully saturated rings. The zero-order chi connectivity index (χ0) is 12.8. The third kappa shape index (κ3) is 4.26. The first-order valence-corrected chi connectivity index (χ1v) is 7.60.